The minimum Gasteiger partial charge on any atom is -0.356 e. The smallest absolute Gasteiger partial charge is 0.191 e. The molecule has 2 atom stereocenters. The zero-order valence-corrected chi connectivity index (χ0v) is 18.5. The second-order valence-corrected chi connectivity index (χ2v) is 8.26. The van der Waals surface area contributed by atoms with Gasteiger partial charge in [-0.3, -0.25) is 4.99 Å². The average Bonchev–Trinajstić information content (AvgIpc) is 3.24. The third kappa shape index (κ3) is 6.86. The molecule has 25 heavy (non-hydrogen) atoms. The van der Waals surface area contributed by atoms with E-state index in [9.17, 15) is 0 Å². The molecule has 2 aliphatic heterocycles. The molecule has 0 spiro atoms. The van der Waals surface area contributed by atoms with Crippen molar-refractivity contribution in [3.8, 4) is 0 Å². The summed E-state index contributed by atoms with van der Waals surface area (Å²) in [6.07, 6.45) is 9.72. The first-order valence-corrected chi connectivity index (χ1v) is 10.1. The lowest BCUT2D eigenvalue weighted by molar-refractivity contribution is 0.210. The summed E-state index contributed by atoms with van der Waals surface area (Å²) in [5.41, 5.74) is 0. The highest BCUT2D eigenvalue weighted by atomic mass is 127. The van der Waals surface area contributed by atoms with Crippen molar-refractivity contribution in [2.45, 2.75) is 51.0 Å². The van der Waals surface area contributed by atoms with Gasteiger partial charge in [0, 0.05) is 45.8 Å². The summed E-state index contributed by atoms with van der Waals surface area (Å²) in [4.78, 5) is 9.56. The van der Waals surface area contributed by atoms with Crippen LogP contribution in [-0.2, 0) is 0 Å². The van der Waals surface area contributed by atoms with Gasteiger partial charge in [0.15, 0.2) is 5.96 Å². The number of piperidine rings is 1. The van der Waals surface area contributed by atoms with E-state index in [1.54, 1.807) is 0 Å². The number of likely N-dealkylation sites (tertiary alicyclic amines) is 2. The summed E-state index contributed by atoms with van der Waals surface area (Å²) in [6.45, 7) is 7.26. The fraction of sp³-hybridized carbons (Fsp3) is 0.947. The molecule has 146 valence electrons. The van der Waals surface area contributed by atoms with Crippen LogP contribution in [-0.4, -0.2) is 75.2 Å². The highest BCUT2D eigenvalue weighted by molar-refractivity contribution is 14.0. The van der Waals surface area contributed by atoms with Crippen molar-refractivity contribution in [1.29, 1.82) is 0 Å². The topological polar surface area (TPSA) is 42.9 Å². The molecule has 2 unspecified atom stereocenters. The van der Waals surface area contributed by atoms with E-state index in [2.05, 4.69) is 32.5 Å². The Morgan fingerprint density at radius 3 is 2.48 bits per heavy atom. The summed E-state index contributed by atoms with van der Waals surface area (Å²) in [6, 6.07) is 0.562. The summed E-state index contributed by atoms with van der Waals surface area (Å²) >= 11 is 0. The number of guanidine groups is 1. The maximum Gasteiger partial charge on any atom is 0.191 e. The summed E-state index contributed by atoms with van der Waals surface area (Å²) < 4.78 is 0. The summed E-state index contributed by atoms with van der Waals surface area (Å²) in [7, 11) is 4.13. The van der Waals surface area contributed by atoms with Gasteiger partial charge in [0.1, 0.15) is 0 Å². The lowest BCUT2D eigenvalue weighted by Gasteiger charge is -2.30. The number of halogens is 1. The van der Waals surface area contributed by atoms with Crippen LogP contribution in [0.4, 0.5) is 0 Å². The SMILES string of the molecule is CN=C(NCC1CCCN(C)C1)NC1CCN(CC2CCCC2)C1.I. The normalized spacial score (nSPS) is 29.6. The number of hydrogen-bond acceptors (Lipinski definition) is 3. The van der Waals surface area contributed by atoms with E-state index in [0.717, 1.165) is 24.3 Å². The van der Waals surface area contributed by atoms with Gasteiger partial charge < -0.3 is 20.4 Å². The van der Waals surface area contributed by atoms with Crippen molar-refractivity contribution < 1.29 is 0 Å². The molecule has 2 saturated heterocycles. The number of nitrogens with one attached hydrogen (secondary N) is 2. The quantitative estimate of drug-likeness (QED) is 0.373. The van der Waals surface area contributed by atoms with Gasteiger partial charge in [-0.15, -0.1) is 24.0 Å². The number of rotatable bonds is 5. The van der Waals surface area contributed by atoms with E-state index in [1.807, 2.05) is 7.05 Å². The van der Waals surface area contributed by atoms with Crippen molar-refractivity contribution in [1.82, 2.24) is 20.4 Å². The van der Waals surface area contributed by atoms with Crippen molar-refractivity contribution in [3.63, 3.8) is 0 Å². The maximum absolute atomic E-state index is 4.45. The molecule has 5 nitrogen and oxygen atoms in total. The Morgan fingerprint density at radius 2 is 1.76 bits per heavy atom. The molecule has 0 amide bonds. The lowest BCUT2D eigenvalue weighted by Crippen LogP contribution is -2.47. The minimum atomic E-state index is 0. The van der Waals surface area contributed by atoms with Crippen LogP contribution in [0.25, 0.3) is 0 Å². The number of aliphatic imine (C=N–C) groups is 1. The Labute approximate surface area is 171 Å². The van der Waals surface area contributed by atoms with Gasteiger partial charge in [-0.2, -0.15) is 0 Å². The van der Waals surface area contributed by atoms with E-state index in [1.165, 1.54) is 77.7 Å². The van der Waals surface area contributed by atoms with Crippen molar-refractivity contribution in [3.05, 3.63) is 0 Å². The van der Waals surface area contributed by atoms with Crippen LogP contribution in [0.15, 0.2) is 4.99 Å². The van der Waals surface area contributed by atoms with E-state index < -0.39 is 0 Å². The lowest BCUT2D eigenvalue weighted by atomic mass is 9.99. The Bertz CT molecular complexity index is 411. The van der Waals surface area contributed by atoms with E-state index in [-0.39, 0.29) is 24.0 Å². The molecule has 3 fully saturated rings. The van der Waals surface area contributed by atoms with Gasteiger partial charge in [-0.25, -0.2) is 0 Å². The molecule has 3 aliphatic rings. The van der Waals surface area contributed by atoms with Crippen LogP contribution in [0.5, 0.6) is 0 Å². The molecular formula is C19H38IN5. The standard InChI is InChI=1S/C19H37N5.HI/c1-20-19(21-12-17-8-5-10-23(2)13-17)22-18-9-11-24(15-18)14-16-6-3-4-7-16;/h16-18H,3-15H2,1-2H3,(H2,20,21,22);1H. The zero-order valence-electron chi connectivity index (χ0n) is 16.2. The molecule has 0 radical (unpaired) electrons. The van der Waals surface area contributed by atoms with Crippen LogP contribution in [0.2, 0.25) is 0 Å². The van der Waals surface area contributed by atoms with Crippen LogP contribution >= 0.6 is 24.0 Å². The minimum absolute atomic E-state index is 0. The average molecular weight is 463 g/mol. The van der Waals surface area contributed by atoms with Crippen molar-refractivity contribution in [2.24, 2.45) is 16.8 Å². The van der Waals surface area contributed by atoms with Gasteiger partial charge in [-0.1, -0.05) is 12.8 Å². The van der Waals surface area contributed by atoms with Gasteiger partial charge in [-0.05, 0) is 57.5 Å². The van der Waals surface area contributed by atoms with Gasteiger partial charge in [0.05, 0.1) is 0 Å². The van der Waals surface area contributed by atoms with E-state index in [0.29, 0.717) is 6.04 Å². The molecule has 0 aromatic rings. The van der Waals surface area contributed by atoms with Gasteiger partial charge in [0.25, 0.3) is 0 Å². The molecule has 2 N–H and O–H groups in total. The molecule has 6 heteroatoms. The van der Waals surface area contributed by atoms with Gasteiger partial charge in [0.2, 0.25) is 0 Å². The first-order chi connectivity index (χ1) is 11.7. The van der Waals surface area contributed by atoms with Crippen LogP contribution in [0.1, 0.15) is 44.9 Å². The largest absolute Gasteiger partial charge is 0.356 e. The van der Waals surface area contributed by atoms with Crippen molar-refractivity contribution in [2.75, 3.05) is 53.4 Å². The first-order valence-electron chi connectivity index (χ1n) is 10.1. The highest BCUT2D eigenvalue weighted by Crippen LogP contribution is 2.26. The molecule has 1 aliphatic carbocycles. The molecule has 0 bridgehead atoms. The predicted molar refractivity (Wildman–Crippen MR) is 117 cm³/mol. The Balaban J connectivity index is 0.00000225. The molecule has 2 heterocycles. The summed E-state index contributed by atoms with van der Waals surface area (Å²) in [5, 5.41) is 7.22. The second kappa shape index (κ2) is 10.9. The van der Waals surface area contributed by atoms with Crippen LogP contribution in [0.3, 0.4) is 0 Å². The molecule has 1 saturated carbocycles. The Morgan fingerprint density at radius 1 is 1.00 bits per heavy atom. The third-order valence-corrected chi connectivity index (χ3v) is 6.11. The Kier molecular flexibility index (Phi) is 9.27. The number of hydrogen-bond donors (Lipinski definition) is 2. The summed E-state index contributed by atoms with van der Waals surface area (Å²) in [5.74, 6) is 2.71. The predicted octanol–water partition coefficient (Wildman–Crippen LogP) is 2.38. The fourth-order valence-corrected chi connectivity index (χ4v) is 4.74. The molecule has 0 aromatic heterocycles. The monoisotopic (exact) mass is 463 g/mol. The van der Waals surface area contributed by atoms with E-state index in [4.69, 9.17) is 0 Å². The number of nitrogens with zero attached hydrogens (tertiary/aromatic N) is 3. The second-order valence-electron chi connectivity index (χ2n) is 8.26. The molecule has 3 rings (SSSR count). The molecule has 0 aromatic carbocycles. The first kappa shape index (κ1) is 21.2. The van der Waals surface area contributed by atoms with E-state index >= 15 is 0 Å². The Hall–Kier alpha value is -0.0800. The molecular weight excluding hydrogens is 425 g/mol. The van der Waals surface area contributed by atoms with Crippen LogP contribution in [0, 0.1) is 11.8 Å². The zero-order chi connectivity index (χ0) is 16.8. The van der Waals surface area contributed by atoms with Crippen molar-refractivity contribution >= 4 is 29.9 Å². The fourth-order valence-electron chi connectivity index (χ4n) is 4.74. The third-order valence-electron chi connectivity index (χ3n) is 6.11. The maximum atomic E-state index is 4.45. The van der Waals surface area contributed by atoms with Gasteiger partial charge >= 0.3 is 0 Å². The van der Waals surface area contributed by atoms with Crippen LogP contribution < -0.4 is 10.6 Å². The highest BCUT2D eigenvalue weighted by Gasteiger charge is 2.26.